The first-order valence-electron chi connectivity index (χ1n) is 7.47. The smallest absolute Gasteiger partial charge is 0.350 e. The second kappa shape index (κ2) is 9.83. The van der Waals surface area contributed by atoms with Gasteiger partial charge in [-0.1, -0.05) is 6.92 Å². The number of ether oxygens (including phenoxy) is 5. The molecule has 23 heavy (non-hydrogen) atoms. The van der Waals surface area contributed by atoms with Gasteiger partial charge in [-0.15, -0.1) is 0 Å². The van der Waals surface area contributed by atoms with E-state index in [1.807, 2.05) is 6.92 Å². The summed E-state index contributed by atoms with van der Waals surface area (Å²) in [6.07, 6.45) is -0.684. The highest BCUT2D eigenvalue weighted by molar-refractivity contribution is 5.75. The highest BCUT2D eigenvalue weighted by Crippen LogP contribution is 2.20. The highest BCUT2D eigenvalue weighted by atomic mass is 16.6. The van der Waals surface area contributed by atoms with E-state index in [0.717, 1.165) is 6.42 Å². The third-order valence-corrected chi connectivity index (χ3v) is 2.84. The van der Waals surface area contributed by atoms with Gasteiger partial charge in [0.15, 0.2) is 0 Å². The zero-order valence-corrected chi connectivity index (χ0v) is 14.2. The normalized spacial score (nSPS) is 13.1. The van der Waals surface area contributed by atoms with Gasteiger partial charge in [0.2, 0.25) is 17.9 Å². The van der Waals surface area contributed by atoms with Crippen molar-refractivity contribution >= 4 is 5.97 Å². The lowest BCUT2D eigenvalue weighted by Gasteiger charge is -2.22. The topological polar surface area (TPSA) is 89.0 Å². The minimum Gasteiger partial charge on any atom is -0.481 e. The number of carbonyl (C=O) groups is 1. The Hall–Kier alpha value is -2.09. The molecule has 0 aromatic carbocycles. The zero-order valence-electron chi connectivity index (χ0n) is 14.2. The van der Waals surface area contributed by atoms with Crippen LogP contribution >= 0.6 is 0 Å². The van der Waals surface area contributed by atoms with Gasteiger partial charge in [0, 0.05) is 6.61 Å². The van der Waals surface area contributed by atoms with E-state index in [4.69, 9.17) is 23.7 Å². The van der Waals surface area contributed by atoms with E-state index in [1.165, 1.54) is 20.3 Å². The molecule has 1 aromatic rings. The lowest BCUT2D eigenvalue weighted by atomic mass is 10.2. The molecule has 1 heterocycles. The average Bonchev–Trinajstić information content (AvgIpc) is 2.57. The Kier molecular flexibility index (Phi) is 8.10. The zero-order chi connectivity index (χ0) is 17.2. The fourth-order valence-corrected chi connectivity index (χ4v) is 1.71. The van der Waals surface area contributed by atoms with Gasteiger partial charge in [-0.3, -0.25) is 0 Å². The number of methoxy groups -OCH3 is 2. The van der Waals surface area contributed by atoms with E-state index in [1.54, 1.807) is 13.8 Å². The highest BCUT2D eigenvalue weighted by Gasteiger charge is 2.30. The van der Waals surface area contributed by atoms with Crippen LogP contribution in [0.2, 0.25) is 0 Å². The number of hydrogen-bond donors (Lipinski definition) is 0. The maximum Gasteiger partial charge on any atom is 0.350 e. The van der Waals surface area contributed by atoms with Crippen LogP contribution in [0.3, 0.4) is 0 Å². The molecule has 0 bridgehead atoms. The summed E-state index contributed by atoms with van der Waals surface area (Å²) < 4.78 is 26.3. The summed E-state index contributed by atoms with van der Waals surface area (Å²) in [5.74, 6) is -0.0188. The maximum absolute atomic E-state index is 12.1. The number of esters is 1. The third kappa shape index (κ3) is 5.90. The quantitative estimate of drug-likeness (QED) is 0.599. The minimum atomic E-state index is -0.988. The first-order chi connectivity index (χ1) is 11.0. The fourth-order valence-electron chi connectivity index (χ4n) is 1.71. The lowest BCUT2D eigenvalue weighted by Crippen LogP contribution is -2.41. The van der Waals surface area contributed by atoms with Gasteiger partial charge in [-0.25, -0.2) is 4.79 Å². The van der Waals surface area contributed by atoms with Crippen molar-refractivity contribution in [3.05, 3.63) is 6.07 Å². The Morgan fingerprint density at radius 3 is 2.26 bits per heavy atom. The monoisotopic (exact) mass is 328 g/mol. The Morgan fingerprint density at radius 1 is 1.17 bits per heavy atom. The molecule has 130 valence electrons. The summed E-state index contributed by atoms with van der Waals surface area (Å²) in [6, 6.07) is 1.45. The van der Waals surface area contributed by atoms with E-state index in [9.17, 15) is 4.79 Å². The molecule has 0 amide bonds. The molecule has 0 N–H and O–H groups in total. The van der Waals surface area contributed by atoms with Gasteiger partial charge in [0.05, 0.1) is 26.9 Å². The van der Waals surface area contributed by atoms with Gasteiger partial charge in [-0.05, 0) is 20.3 Å². The fraction of sp³-hybridized carbons (Fsp3) is 0.667. The van der Waals surface area contributed by atoms with Crippen molar-refractivity contribution in [3.8, 4) is 17.8 Å². The second-order valence-electron chi connectivity index (χ2n) is 4.60. The van der Waals surface area contributed by atoms with Crippen molar-refractivity contribution in [2.45, 2.75) is 39.4 Å². The van der Waals surface area contributed by atoms with Gasteiger partial charge < -0.3 is 23.7 Å². The number of aromatic nitrogens is 2. The van der Waals surface area contributed by atoms with Crippen LogP contribution < -0.4 is 14.2 Å². The van der Waals surface area contributed by atoms with Crippen LogP contribution in [0.4, 0.5) is 0 Å². The molecule has 0 saturated heterocycles. The summed E-state index contributed by atoms with van der Waals surface area (Å²) in [6.45, 7) is 6.17. The molecular weight excluding hydrogens is 304 g/mol. The summed E-state index contributed by atoms with van der Waals surface area (Å²) in [7, 11) is 2.92. The van der Waals surface area contributed by atoms with Gasteiger partial charge in [0.1, 0.15) is 6.10 Å². The third-order valence-electron chi connectivity index (χ3n) is 2.84. The number of hydrogen-bond acceptors (Lipinski definition) is 8. The predicted molar refractivity (Wildman–Crippen MR) is 81.9 cm³/mol. The Morgan fingerprint density at radius 2 is 1.78 bits per heavy atom. The number of carbonyl (C=O) groups excluding carboxylic acids is 1. The first-order valence-corrected chi connectivity index (χ1v) is 7.47. The molecule has 8 heteroatoms. The summed E-state index contributed by atoms with van der Waals surface area (Å²) in [5.41, 5.74) is 0. The number of rotatable bonds is 10. The van der Waals surface area contributed by atoms with Gasteiger partial charge in [0.25, 0.3) is 0 Å². The summed E-state index contributed by atoms with van der Waals surface area (Å²) in [5, 5.41) is 0. The molecule has 0 aliphatic carbocycles. The second-order valence-corrected chi connectivity index (χ2v) is 4.60. The summed E-state index contributed by atoms with van der Waals surface area (Å²) >= 11 is 0. The average molecular weight is 328 g/mol. The van der Waals surface area contributed by atoms with Crippen LogP contribution in [0.1, 0.15) is 27.2 Å². The van der Waals surface area contributed by atoms with Crippen LogP contribution in [0.5, 0.6) is 17.8 Å². The molecule has 0 aliphatic rings. The molecule has 0 spiro atoms. The van der Waals surface area contributed by atoms with Crippen molar-refractivity contribution in [1.82, 2.24) is 9.97 Å². The predicted octanol–water partition coefficient (Wildman–Crippen LogP) is 1.62. The molecule has 0 fully saturated rings. The minimum absolute atomic E-state index is 0.0498. The molecule has 0 saturated carbocycles. The van der Waals surface area contributed by atoms with Crippen molar-refractivity contribution < 1.29 is 28.5 Å². The molecule has 1 aromatic heterocycles. The van der Waals surface area contributed by atoms with Crippen LogP contribution in [0, 0.1) is 0 Å². The molecule has 1 rings (SSSR count). The maximum atomic E-state index is 12.1. The largest absolute Gasteiger partial charge is 0.481 e. The van der Waals surface area contributed by atoms with E-state index in [-0.39, 0.29) is 24.4 Å². The molecule has 0 radical (unpaired) electrons. The van der Waals surface area contributed by atoms with Gasteiger partial charge in [-0.2, -0.15) is 9.97 Å². The van der Waals surface area contributed by atoms with Gasteiger partial charge >= 0.3 is 12.0 Å². The Bertz CT molecular complexity index is 475. The lowest BCUT2D eigenvalue weighted by molar-refractivity contribution is -0.159. The van der Waals surface area contributed by atoms with E-state index in [2.05, 4.69) is 9.97 Å². The van der Waals surface area contributed by atoms with E-state index >= 15 is 0 Å². The van der Waals surface area contributed by atoms with Crippen LogP contribution in [-0.4, -0.2) is 55.6 Å². The van der Waals surface area contributed by atoms with Crippen LogP contribution in [0.15, 0.2) is 6.07 Å². The van der Waals surface area contributed by atoms with Crippen molar-refractivity contribution in [2.24, 2.45) is 0 Å². The molecular formula is C15H24N2O6. The molecule has 8 nitrogen and oxygen atoms in total. The van der Waals surface area contributed by atoms with Crippen molar-refractivity contribution in [2.75, 3.05) is 27.4 Å². The first kappa shape index (κ1) is 19.0. The molecule has 0 aliphatic heterocycles. The summed E-state index contributed by atoms with van der Waals surface area (Å²) in [4.78, 5) is 20.2. The SMILES string of the molecule is CCCOC(C)C(Oc1nc(OC)cc(OC)n1)C(=O)OCC. The number of nitrogens with zero attached hydrogens (tertiary/aromatic N) is 2. The Balaban J connectivity index is 2.97. The molecule has 2 atom stereocenters. The van der Waals surface area contributed by atoms with Crippen LogP contribution in [0.25, 0.3) is 0 Å². The van der Waals surface area contributed by atoms with E-state index < -0.39 is 18.2 Å². The van der Waals surface area contributed by atoms with E-state index in [0.29, 0.717) is 6.61 Å². The van der Waals surface area contributed by atoms with Crippen molar-refractivity contribution in [3.63, 3.8) is 0 Å². The van der Waals surface area contributed by atoms with Crippen molar-refractivity contribution in [1.29, 1.82) is 0 Å². The standard InChI is InChI=1S/C15H24N2O6/c1-6-8-22-10(3)13(14(18)21-7-2)23-15-16-11(19-4)9-12(17-15)20-5/h9-10,13H,6-8H2,1-5H3. The van der Waals surface area contributed by atoms with Crippen LogP contribution in [-0.2, 0) is 14.3 Å². The molecule has 2 unspecified atom stereocenters. The Labute approximate surface area is 136 Å².